The van der Waals surface area contributed by atoms with Crippen LogP contribution in [0.1, 0.15) is 37.7 Å². The van der Waals surface area contributed by atoms with Crippen molar-refractivity contribution in [2.45, 2.75) is 32.1 Å². The van der Waals surface area contributed by atoms with E-state index in [0.29, 0.717) is 5.92 Å². The highest BCUT2D eigenvalue weighted by Gasteiger charge is 2.19. The summed E-state index contributed by atoms with van der Waals surface area (Å²) in [5.74, 6) is 1.52. The Morgan fingerprint density at radius 1 is 1.32 bits per heavy atom. The standard InChI is InChI=1S/C17H28N2/c1-15(17-8-4-3-5-9-17)10-12-19-11-6-7-16(14-19)13-18-2/h3-5,8-9,15-16,18H,6-7,10-14H2,1-2H3. The van der Waals surface area contributed by atoms with Crippen LogP contribution in [0.3, 0.4) is 0 Å². The Morgan fingerprint density at radius 3 is 2.84 bits per heavy atom. The molecule has 19 heavy (non-hydrogen) atoms. The maximum Gasteiger partial charge on any atom is 0.00218 e. The Kier molecular flexibility index (Phi) is 5.87. The molecular weight excluding hydrogens is 232 g/mol. The molecule has 2 unspecified atom stereocenters. The second kappa shape index (κ2) is 7.66. The summed E-state index contributed by atoms with van der Waals surface area (Å²) in [4.78, 5) is 2.66. The van der Waals surface area contributed by atoms with E-state index in [1.807, 2.05) is 0 Å². The van der Waals surface area contributed by atoms with Gasteiger partial charge in [0.2, 0.25) is 0 Å². The molecule has 1 aliphatic heterocycles. The van der Waals surface area contributed by atoms with E-state index in [1.54, 1.807) is 0 Å². The van der Waals surface area contributed by atoms with Gasteiger partial charge in [-0.1, -0.05) is 37.3 Å². The first-order chi connectivity index (χ1) is 9.29. The maximum atomic E-state index is 3.32. The van der Waals surface area contributed by atoms with Crippen molar-refractivity contribution >= 4 is 0 Å². The SMILES string of the molecule is CNCC1CCCN(CCC(C)c2ccccc2)C1. The van der Waals surface area contributed by atoms with E-state index in [1.165, 1.54) is 51.0 Å². The second-order valence-corrected chi connectivity index (χ2v) is 5.97. The Morgan fingerprint density at radius 2 is 2.11 bits per heavy atom. The number of benzene rings is 1. The number of nitrogens with zero attached hydrogens (tertiary/aromatic N) is 1. The lowest BCUT2D eigenvalue weighted by Gasteiger charge is -2.33. The molecule has 2 nitrogen and oxygen atoms in total. The lowest BCUT2D eigenvalue weighted by atomic mass is 9.95. The first-order valence-corrected chi connectivity index (χ1v) is 7.71. The lowest BCUT2D eigenvalue weighted by Crippen LogP contribution is -2.39. The average Bonchev–Trinajstić information content (AvgIpc) is 2.46. The molecule has 2 atom stereocenters. The van der Waals surface area contributed by atoms with Crippen LogP contribution in [0.4, 0.5) is 0 Å². The van der Waals surface area contributed by atoms with E-state index < -0.39 is 0 Å². The predicted molar refractivity (Wildman–Crippen MR) is 82.6 cm³/mol. The van der Waals surface area contributed by atoms with Gasteiger partial charge >= 0.3 is 0 Å². The highest BCUT2D eigenvalue weighted by molar-refractivity contribution is 5.18. The highest BCUT2D eigenvalue weighted by atomic mass is 15.1. The number of nitrogens with one attached hydrogen (secondary N) is 1. The molecule has 2 heteroatoms. The molecule has 0 bridgehead atoms. The summed E-state index contributed by atoms with van der Waals surface area (Å²) in [6.45, 7) is 7.34. The fraction of sp³-hybridized carbons (Fsp3) is 0.647. The van der Waals surface area contributed by atoms with Crippen molar-refractivity contribution < 1.29 is 0 Å². The van der Waals surface area contributed by atoms with Crippen molar-refractivity contribution in [3.05, 3.63) is 35.9 Å². The Hall–Kier alpha value is -0.860. The smallest absolute Gasteiger partial charge is 0.00218 e. The molecular formula is C17H28N2. The first-order valence-electron chi connectivity index (χ1n) is 7.71. The van der Waals surface area contributed by atoms with Gasteiger partial charge in [-0.2, -0.15) is 0 Å². The molecule has 106 valence electrons. The monoisotopic (exact) mass is 260 g/mol. The Labute approximate surface area is 118 Å². The summed E-state index contributed by atoms with van der Waals surface area (Å²) >= 11 is 0. The second-order valence-electron chi connectivity index (χ2n) is 5.97. The number of likely N-dealkylation sites (tertiary alicyclic amines) is 1. The zero-order chi connectivity index (χ0) is 13.5. The molecule has 0 aromatic heterocycles. The summed E-state index contributed by atoms with van der Waals surface area (Å²) in [7, 11) is 2.07. The lowest BCUT2D eigenvalue weighted by molar-refractivity contribution is 0.169. The molecule has 0 radical (unpaired) electrons. The van der Waals surface area contributed by atoms with Crippen LogP contribution in [0.25, 0.3) is 0 Å². The van der Waals surface area contributed by atoms with Gasteiger partial charge < -0.3 is 10.2 Å². The molecule has 1 fully saturated rings. The molecule has 1 aromatic carbocycles. The van der Waals surface area contributed by atoms with Gasteiger partial charge in [0.05, 0.1) is 0 Å². The van der Waals surface area contributed by atoms with E-state index in [-0.39, 0.29) is 0 Å². The Balaban J connectivity index is 1.75. The predicted octanol–water partition coefficient (Wildman–Crippen LogP) is 3.11. The third kappa shape index (κ3) is 4.63. The molecule has 1 N–H and O–H groups in total. The quantitative estimate of drug-likeness (QED) is 0.845. The average molecular weight is 260 g/mol. The number of hydrogen-bond donors (Lipinski definition) is 1. The summed E-state index contributed by atoms with van der Waals surface area (Å²) < 4.78 is 0. The molecule has 1 heterocycles. The van der Waals surface area contributed by atoms with Gasteiger partial charge in [-0.25, -0.2) is 0 Å². The highest BCUT2D eigenvalue weighted by Crippen LogP contribution is 2.21. The fourth-order valence-electron chi connectivity index (χ4n) is 3.13. The van der Waals surface area contributed by atoms with Crippen LogP contribution >= 0.6 is 0 Å². The summed E-state index contributed by atoms with van der Waals surface area (Å²) in [5.41, 5.74) is 1.48. The van der Waals surface area contributed by atoms with Gasteiger partial charge in [0.1, 0.15) is 0 Å². The van der Waals surface area contributed by atoms with Crippen molar-refractivity contribution in [3.8, 4) is 0 Å². The molecule has 0 aliphatic carbocycles. The van der Waals surface area contributed by atoms with Gasteiger partial charge in [0, 0.05) is 6.54 Å². The van der Waals surface area contributed by atoms with E-state index in [0.717, 1.165) is 5.92 Å². The Bertz CT molecular complexity index is 348. The third-order valence-electron chi connectivity index (χ3n) is 4.34. The minimum Gasteiger partial charge on any atom is -0.319 e. The van der Waals surface area contributed by atoms with Gasteiger partial charge in [-0.3, -0.25) is 0 Å². The van der Waals surface area contributed by atoms with Crippen molar-refractivity contribution in [2.75, 3.05) is 33.2 Å². The number of hydrogen-bond acceptors (Lipinski definition) is 2. The van der Waals surface area contributed by atoms with Crippen molar-refractivity contribution in [2.24, 2.45) is 5.92 Å². The van der Waals surface area contributed by atoms with Crippen LogP contribution in [-0.4, -0.2) is 38.1 Å². The van der Waals surface area contributed by atoms with Crippen LogP contribution in [0, 0.1) is 5.92 Å². The van der Waals surface area contributed by atoms with Gasteiger partial charge in [0.15, 0.2) is 0 Å². The molecule has 1 saturated heterocycles. The van der Waals surface area contributed by atoms with Gasteiger partial charge in [-0.15, -0.1) is 0 Å². The zero-order valence-electron chi connectivity index (χ0n) is 12.4. The minimum atomic E-state index is 0.672. The van der Waals surface area contributed by atoms with Gasteiger partial charge in [-0.05, 0) is 63.3 Å². The van der Waals surface area contributed by atoms with Crippen LogP contribution in [0.2, 0.25) is 0 Å². The van der Waals surface area contributed by atoms with Crippen molar-refractivity contribution in [1.82, 2.24) is 10.2 Å². The summed E-state index contributed by atoms with van der Waals surface area (Å²) in [6.07, 6.45) is 4.04. The van der Waals surface area contributed by atoms with Crippen molar-refractivity contribution in [3.63, 3.8) is 0 Å². The van der Waals surface area contributed by atoms with Gasteiger partial charge in [0.25, 0.3) is 0 Å². The van der Waals surface area contributed by atoms with E-state index in [4.69, 9.17) is 0 Å². The molecule has 1 aliphatic rings. The van der Waals surface area contributed by atoms with Crippen molar-refractivity contribution in [1.29, 1.82) is 0 Å². The molecule has 0 saturated carbocycles. The normalized spacial score (nSPS) is 22.3. The molecule has 0 amide bonds. The van der Waals surface area contributed by atoms with E-state index in [2.05, 4.69) is 54.5 Å². The fourth-order valence-corrected chi connectivity index (χ4v) is 3.13. The zero-order valence-corrected chi connectivity index (χ0v) is 12.4. The molecule has 2 rings (SSSR count). The van der Waals surface area contributed by atoms with Crippen LogP contribution in [0.5, 0.6) is 0 Å². The maximum absolute atomic E-state index is 3.32. The number of rotatable bonds is 6. The molecule has 0 spiro atoms. The van der Waals surface area contributed by atoms with Crippen LogP contribution < -0.4 is 5.32 Å². The summed E-state index contributed by atoms with van der Waals surface area (Å²) in [5, 5.41) is 3.32. The molecule has 1 aromatic rings. The number of piperidine rings is 1. The topological polar surface area (TPSA) is 15.3 Å². The van der Waals surface area contributed by atoms with Crippen LogP contribution in [0.15, 0.2) is 30.3 Å². The third-order valence-corrected chi connectivity index (χ3v) is 4.34. The largest absolute Gasteiger partial charge is 0.319 e. The summed E-state index contributed by atoms with van der Waals surface area (Å²) in [6, 6.07) is 10.9. The van der Waals surface area contributed by atoms with E-state index in [9.17, 15) is 0 Å². The van der Waals surface area contributed by atoms with Crippen LogP contribution in [-0.2, 0) is 0 Å². The van der Waals surface area contributed by atoms with E-state index >= 15 is 0 Å². The first kappa shape index (κ1) is 14.5. The minimum absolute atomic E-state index is 0.672.